The van der Waals surface area contributed by atoms with Crippen molar-refractivity contribution >= 4 is 39.1 Å². The van der Waals surface area contributed by atoms with Crippen LogP contribution in [0.2, 0.25) is 0 Å². The largest absolute Gasteiger partial charge is 0.491 e. The van der Waals surface area contributed by atoms with Crippen LogP contribution in [-0.4, -0.2) is 67.4 Å². The summed E-state index contributed by atoms with van der Waals surface area (Å²) in [5.41, 5.74) is -0.775. The summed E-state index contributed by atoms with van der Waals surface area (Å²) < 4.78 is 115. The third kappa shape index (κ3) is 6.32. The molecule has 2 saturated carbocycles. The van der Waals surface area contributed by atoms with E-state index in [9.17, 15) is 44.7 Å². The van der Waals surface area contributed by atoms with E-state index < -0.39 is 76.3 Å². The van der Waals surface area contributed by atoms with Gasteiger partial charge in [-0.15, -0.1) is 11.8 Å². The first-order valence-corrected chi connectivity index (χ1v) is 15.5. The third-order valence-corrected chi connectivity index (χ3v) is 11.1. The van der Waals surface area contributed by atoms with Crippen LogP contribution in [-0.2, 0) is 14.8 Å². The highest BCUT2D eigenvalue weighted by molar-refractivity contribution is 8.00. The number of fused-ring (bicyclic) bond motifs is 1. The molecular weight excluding hydrogens is 610 g/mol. The SMILES string of the molecule is CN1C(CCC(F)(F)F)CN(c2ccc(F)cc2)c2cc(SC3CC(F)(F)C3)c(OCC3(C(=O)O)CC3)cc2S1(=O)=O. The molecule has 1 aliphatic heterocycles. The molecule has 0 radical (unpaired) electrons. The average Bonchev–Trinajstić information content (AvgIpc) is 3.68. The normalized spacial score (nSPS) is 23.0. The molecule has 42 heavy (non-hydrogen) atoms. The second kappa shape index (κ2) is 10.8. The summed E-state index contributed by atoms with van der Waals surface area (Å²) in [6.45, 7) is -0.486. The third-order valence-electron chi connectivity index (χ3n) is 7.94. The van der Waals surface area contributed by atoms with Gasteiger partial charge in [-0.2, -0.15) is 17.5 Å². The summed E-state index contributed by atoms with van der Waals surface area (Å²) in [7, 11) is -3.25. The molecular formula is C27H28F6N2O5S2. The number of carbonyl (C=O) groups is 1. The standard InChI is InChI=1S/C27H28F6N2O5S2/c1-34-18(6-7-27(31,32)33)14-35(17-4-2-16(28)3-5-17)20-10-22(41-19-12-26(29,30)13-19)21(11-23(20)42(34,38)39)40-15-25(8-9-25)24(36)37/h2-5,10-11,18-19H,6-9,12-15H2,1H3,(H,36,37). The number of carboxylic acid groups (broad SMARTS) is 1. The molecule has 1 atom stereocenters. The zero-order valence-corrected chi connectivity index (χ0v) is 24.0. The van der Waals surface area contributed by atoms with Crippen LogP contribution in [0.3, 0.4) is 0 Å². The molecule has 0 aromatic heterocycles. The molecule has 5 rings (SSSR count). The fourth-order valence-electron chi connectivity index (χ4n) is 5.05. The smallest absolute Gasteiger partial charge is 0.389 e. The van der Waals surface area contributed by atoms with E-state index in [0.717, 1.165) is 28.2 Å². The maximum Gasteiger partial charge on any atom is 0.389 e. The van der Waals surface area contributed by atoms with Gasteiger partial charge >= 0.3 is 12.1 Å². The first-order chi connectivity index (χ1) is 19.5. The number of likely N-dealkylation sites (N-methyl/N-ethyl adjacent to an activating group) is 1. The van der Waals surface area contributed by atoms with Crippen molar-refractivity contribution in [3.63, 3.8) is 0 Å². The lowest BCUT2D eigenvalue weighted by atomic mass is 9.94. The predicted molar refractivity (Wildman–Crippen MR) is 142 cm³/mol. The van der Waals surface area contributed by atoms with E-state index in [2.05, 4.69) is 0 Å². The van der Waals surface area contributed by atoms with Crippen molar-refractivity contribution in [1.82, 2.24) is 4.31 Å². The molecule has 1 heterocycles. The van der Waals surface area contributed by atoms with Crippen LogP contribution in [0.15, 0.2) is 46.2 Å². The Hall–Kier alpha value is -2.65. The van der Waals surface area contributed by atoms with Gasteiger partial charge in [0.05, 0.1) is 10.6 Å². The highest BCUT2D eigenvalue weighted by Gasteiger charge is 2.52. The van der Waals surface area contributed by atoms with E-state index in [1.54, 1.807) is 0 Å². The Balaban J connectivity index is 1.61. The first-order valence-electron chi connectivity index (χ1n) is 13.2. The van der Waals surface area contributed by atoms with Crippen LogP contribution in [0.4, 0.5) is 37.7 Å². The van der Waals surface area contributed by atoms with Gasteiger partial charge in [0, 0.05) is 55.9 Å². The van der Waals surface area contributed by atoms with Crippen molar-refractivity contribution in [3.05, 3.63) is 42.2 Å². The molecule has 2 aromatic carbocycles. The lowest BCUT2D eigenvalue weighted by Crippen LogP contribution is -2.41. The molecule has 1 N–H and O–H groups in total. The highest BCUT2D eigenvalue weighted by Crippen LogP contribution is 2.52. The molecule has 0 bridgehead atoms. The predicted octanol–water partition coefficient (Wildman–Crippen LogP) is 6.44. The van der Waals surface area contributed by atoms with Crippen molar-refractivity contribution in [1.29, 1.82) is 0 Å². The number of alkyl halides is 5. The Kier molecular flexibility index (Phi) is 7.93. The quantitative estimate of drug-likeness (QED) is 0.317. The minimum atomic E-state index is -4.54. The van der Waals surface area contributed by atoms with Crippen LogP contribution < -0.4 is 9.64 Å². The minimum absolute atomic E-state index is 0.0220. The van der Waals surface area contributed by atoms with Gasteiger partial charge in [0.2, 0.25) is 15.9 Å². The monoisotopic (exact) mass is 638 g/mol. The summed E-state index contributed by atoms with van der Waals surface area (Å²) in [6, 6.07) is 6.47. The number of rotatable bonds is 9. The van der Waals surface area contributed by atoms with Crippen LogP contribution >= 0.6 is 11.8 Å². The number of nitrogens with zero attached hydrogens (tertiary/aromatic N) is 2. The van der Waals surface area contributed by atoms with Crippen LogP contribution in [0.25, 0.3) is 0 Å². The number of halogens is 6. The molecule has 2 aliphatic carbocycles. The fraction of sp³-hybridized carbons (Fsp3) is 0.519. The first kappa shape index (κ1) is 30.8. The maximum absolute atomic E-state index is 13.9. The Morgan fingerprint density at radius 3 is 2.33 bits per heavy atom. The van der Waals surface area contributed by atoms with Gasteiger partial charge in [-0.1, -0.05) is 0 Å². The molecule has 15 heteroatoms. The fourth-order valence-corrected chi connectivity index (χ4v) is 8.04. The average molecular weight is 639 g/mol. The zero-order chi connectivity index (χ0) is 30.7. The molecule has 1 unspecified atom stereocenters. The minimum Gasteiger partial charge on any atom is -0.491 e. The van der Waals surface area contributed by atoms with Gasteiger partial charge in [-0.05, 0) is 49.6 Å². The number of thioether (sulfide) groups is 1. The number of hydrogen-bond donors (Lipinski definition) is 1. The van der Waals surface area contributed by atoms with Crippen molar-refractivity contribution in [3.8, 4) is 5.75 Å². The summed E-state index contributed by atoms with van der Waals surface area (Å²) in [5.74, 6) is -4.52. The van der Waals surface area contributed by atoms with E-state index in [4.69, 9.17) is 4.74 Å². The number of aliphatic carboxylic acids is 1. The van der Waals surface area contributed by atoms with E-state index in [1.807, 2.05) is 0 Å². The van der Waals surface area contributed by atoms with E-state index in [0.29, 0.717) is 18.5 Å². The highest BCUT2D eigenvalue weighted by atomic mass is 32.2. The van der Waals surface area contributed by atoms with Crippen molar-refractivity contribution in [2.45, 2.75) is 71.7 Å². The number of sulfonamides is 1. The van der Waals surface area contributed by atoms with E-state index in [-0.39, 0.29) is 34.4 Å². The Bertz CT molecular complexity index is 1460. The number of ether oxygens (including phenoxy) is 1. The Labute approximate surface area is 242 Å². The van der Waals surface area contributed by atoms with Gasteiger partial charge < -0.3 is 14.7 Å². The molecule has 7 nitrogen and oxygen atoms in total. The lowest BCUT2D eigenvalue weighted by molar-refractivity contribution is -0.144. The number of hydrogen-bond acceptors (Lipinski definition) is 6. The molecule has 2 aromatic rings. The molecule has 0 saturated heterocycles. The Morgan fingerprint density at radius 1 is 1.14 bits per heavy atom. The van der Waals surface area contributed by atoms with Gasteiger partial charge in [-0.25, -0.2) is 21.6 Å². The number of anilines is 2. The molecule has 0 amide bonds. The van der Waals surface area contributed by atoms with Gasteiger partial charge in [0.1, 0.15) is 28.5 Å². The van der Waals surface area contributed by atoms with Crippen LogP contribution in [0.5, 0.6) is 5.75 Å². The van der Waals surface area contributed by atoms with Crippen LogP contribution in [0, 0.1) is 11.2 Å². The summed E-state index contributed by atoms with van der Waals surface area (Å²) in [6.07, 6.45) is -6.47. The van der Waals surface area contributed by atoms with E-state index in [1.165, 1.54) is 36.2 Å². The summed E-state index contributed by atoms with van der Waals surface area (Å²) in [4.78, 5) is 13.2. The Morgan fingerprint density at radius 2 is 1.79 bits per heavy atom. The van der Waals surface area contributed by atoms with Crippen molar-refractivity contribution < 1.29 is 49.4 Å². The molecule has 3 aliphatic rings. The van der Waals surface area contributed by atoms with Crippen molar-refractivity contribution in [2.75, 3.05) is 25.1 Å². The van der Waals surface area contributed by atoms with Crippen LogP contribution in [0.1, 0.15) is 38.5 Å². The second-order valence-electron chi connectivity index (χ2n) is 11.1. The molecule has 2 fully saturated rings. The topological polar surface area (TPSA) is 87.2 Å². The summed E-state index contributed by atoms with van der Waals surface area (Å²) in [5, 5.41) is 9.05. The zero-order valence-electron chi connectivity index (χ0n) is 22.3. The second-order valence-corrected chi connectivity index (χ2v) is 14.4. The van der Waals surface area contributed by atoms with Crippen molar-refractivity contribution in [2.24, 2.45) is 5.41 Å². The van der Waals surface area contributed by atoms with Gasteiger partial charge in [0.15, 0.2) is 0 Å². The van der Waals surface area contributed by atoms with E-state index >= 15 is 0 Å². The molecule has 230 valence electrons. The summed E-state index contributed by atoms with van der Waals surface area (Å²) >= 11 is 1.04. The van der Waals surface area contributed by atoms with Gasteiger partial charge in [-0.3, -0.25) is 4.79 Å². The number of benzene rings is 2. The molecule has 0 spiro atoms. The number of carboxylic acids is 1. The lowest BCUT2D eigenvalue weighted by Gasteiger charge is -2.35. The maximum atomic E-state index is 13.9. The van der Waals surface area contributed by atoms with Gasteiger partial charge in [0.25, 0.3) is 0 Å².